The minimum Gasteiger partial charge on any atom is -0.456 e. The van der Waals surface area contributed by atoms with Gasteiger partial charge in [0, 0.05) is 16.7 Å². The molecule has 1 atom stereocenters. The molecule has 0 fully saturated rings. The number of ether oxygens (including phenoxy) is 1. The number of para-hydroxylation sites is 1. The van der Waals surface area contributed by atoms with Crippen molar-refractivity contribution in [3.63, 3.8) is 0 Å². The van der Waals surface area contributed by atoms with Crippen molar-refractivity contribution < 1.29 is 4.74 Å². The van der Waals surface area contributed by atoms with Crippen LogP contribution in [0.5, 0.6) is 5.75 Å². The maximum absolute atomic E-state index is 6.22. The summed E-state index contributed by atoms with van der Waals surface area (Å²) in [5.74, 6) is 8.60. The van der Waals surface area contributed by atoms with E-state index in [-0.39, 0.29) is 5.92 Å². The van der Waals surface area contributed by atoms with Gasteiger partial charge in [-0.15, -0.1) is 0 Å². The first-order valence-electron chi connectivity index (χ1n) is 8.42. The van der Waals surface area contributed by atoms with Crippen molar-refractivity contribution in [3.8, 4) is 17.6 Å². The van der Waals surface area contributed by atoms with Crippen LogP contribution in [0, 0.1) is 11.8 Å². The molecule has 0 radical (unpaired) electrons. The van der Waals surface area contributed by atoms with Gasteiger partial charge in [-0.2, -0.15) is 0 Å². The average molecular weight is 322 g/mol. The fourth-order valence-electron chi connectivity index (χ4n) is 3.11. The van der Waals surface area contributed by atoms with Crippen LogP contribution in [-0.2, 0) is 0 Å². The molecule has 25 heavy (non-hydrogen) atoms. The molecular weight excluding hydrogens is 304 g/mol. The fourth-order valence-corrected chi connectivity index (χ4v) is 3.11. The van der Waals surface area contributed by atoms with E-state index in [1.165, 1.54) is 0 Å². The molecule has 3 aromatic rings. The topological polar surface area (TPSA) is 9.23 Å². The number of fused-ring (bicyclic) bond motifs is 1. The minimum absolute atomic E-state index is 0.0281. The molecule has 120 valence electrons. The summed E-state index contributed by atoms with van der Waals surface area (Å²) in [7, 11) is 0. The van der Waals surface area contributed by atoms with E-state index in [1.54, 1.807) is 0 Å². The first-order valence-corrected chi connectivity index (χ1v) is 8.42. The van der Waals surface area contributed by atoms with Gasteiger partial charge in [-0.25, -0.2) is 0 Å². The summed E-state index contributed by atoms with van der Waals surface area (Å²) in [5, 5.41) is 0. The zero-order valence-electron chi connectivity index (χ0n) is 14.1. The highest BCUT2D eigenvalue weighted by Gasteiger charge is 2.26. The molecule has 1 unspecified atom stereocenters. The molecule has 0 saturated heterocycles. The molecule has 4 rings (SSSR count). The summed E-state index contributed by atoms with van der Waals surface area (Å²) in [6.07, 6.45) is 0. The van der Waals surface area contributed by atoms with Crippen molar-refractivity contribution in [2.24, 2.45) is 0 Å². The van der Waals surface area contributed by atoms with Crippen LogP contribution in [0.4, 0.5) is 0 Å². The van der Waals surface area contributed by atoms with E-state index < -0.39 is 0 Å². The summed E-state index contributed by atoms with van der Waals surface area (Å²) < 4.78 is 6.22. The van der Waals surface area contributed by atoms with E-state index in [0.717, 1.165) is 33.8 Å². The molecule has 1 nitrogen and oxygen atoms in total. The predicted molar refractivity (Wildman–Crippen MR) is 102 cm³/mol. The van der Waals surface area contributed by atoms with Gasteiger partial charge in [0.2, 0.25) is 0 Å². The highest BCUT2D eigenvalue weighted by molar-refractivity contribution is 5.71. The molecule has 0 aliphatic carbocycles. The maximum atomic E-state index is 6.22. The molecule has 0 N–H and O–H groups in total. The monoisotopic (exact) mass is 322 g/mol. The second-order valence-corrected chi connectivity index (χ2v) is 6.09. The Morgan fingerprint density at radius 2 is 1.40 bits per heavy atom. The van der Waals surface area contributed by atoms with Crippen LogP contribution in [0.3, 0.4) is 0 Å². The molecule has 1 heterocycles. The normalized spacial score (nSPS) is 15.6. The zero-order valence-corrected chi connectivity index (χ0v) is 14.1. The first kappa shape index (κ1) is 15.3. The maximum Gasteiger partial charge on any atom is 0.135 e. The lowest BCUT2D eigenvalue weighted by Crippen LogP contribution is -2.12. The third-order valence-corrected chi connectivity index (χ3v) is 4.40. The van der Waals surface area contributed by atoms with E-state index in [1.807, 2.05) is 66.7 Å². The predicted octanol–water partition coefficient (Wildman–Crippen LogP) is 5.65. The smallest absolute Gasteiger partial charge is 0.135 e. The summed E-state index contributed by atoms with van der Waals surface area (Å²) in [4.78, 5) is 0. The summed E-state index contributed by atoms with van der Waals surface area (Å²) in [5.41, 5.74) is 4.39. The SMILES string of the molecule is CC1=C(c2ccccc2)Oc2ccccc2C1C#Cc1ccccc1. The van der Waals surface area contributed by atoms with Gasteiger partial charge in [-0.1, -0.05) is 78.6 Å². The molecular formula is C24H18O. The van der Waals surface area contributed by atoms with Crippen molar-refractivity contribution in [2.45, 2.75) is 12.8 Å². The highest BCUT2D eigenvalue weighted by atomic mass is 16.5. The lowest BCUT2D eigenvalue weighted by molar-refractivity contribution is 0.487. The van der Waals surface area contributed by atoms with Crippen molar-refractivity contribution in [2.75, 3.05) is 0 Å². The van der Waals surface area contributed by atoms with Gasteiger partial charge in [0.05, 0.1) is 5.92 Å². The van der Waals surface area contributed by atoms with E-state index >= 15 is 0 Å². The van der Waals surface area contributed by atoms with Crippen LogP contribution < -0.4 is 4.74 Å². The third kappa shape index (κ3) is 3.07. The molecule has 3 aromatic carbocycles. The van der Waals surface area contributed by atoms with E-state index in [0.29, 0.717) is 0 Å². The molecule has 1 heteroatoms. The van der Waals surface area contributed by atoms with Gasteiger partial charge in [0.15, 0.2) is 0 Å². The Bertz CT molecular complexity index is 973. The Morgan fingerprint density at radius 3 is 2.16 bits per heavy atom. The highest BCUT2D eigenvalue weighted by Crippen LogP contribution is 2.41. The lowest BCUT2D eigenvalue weighted by atomic mass is 9.87. The Balaban J connectivity index is 1.82. The quantitative estimate of drug-likeness (QED) is 0.526. The van der Waals surface area contributed by atoms with Gasteiger partial charge < -0.3 is 4.74 Å². The van der Waals surface area contributed by atoms with Crippen LogP contribution >= 0.6 is 0 Å². The lowest BCUT2D eigenvalue weighted by Gasteiger charge is -2.26. The van der Waals surface area contributed by atoms with Gasteiger partial charge in [0.1, 0.15) is 11.5 Å². The van der Waals surface area contributed by atoms with Gasteiger partial charge in [-0.3, -0.25) is 0 Å². The van der Waals surface area contributed by atoms with Crippen molar-refractivity contribution in [3.05, 3.63) is 107 Å². The first-order chi connectivity index (χ1) is 12.3. The number of benzene rings is 3. The third-order valence-electron chi connectivity index (χ3n) is 4.40. The van der Waals surface area contributed by atoms with E-state index in [4.69, 9.17) is 4.74 Å². The number of allylic oxidation sites excluding steroid dienone is 1. The molecule has 1 aliphatic heterocycles. The Labute approximate surface area is 148 Å². The number of rotatable bonds is 1. The summed E-state index contributed by atoms with van der Waals surface area (Å²) in [6.45, 7) is 2.11. The summed E-state index contributed by atoms with van der Waals surface area (Å²) in [6, 6.07) is 28.5. The second kappa shape index (κ2) is 6.71. The van der Waals surface area contributed by atoms with E-state index in [2.05, 4.69) is 37.0 Å². The van der Waals surface area contributed by atoms with Crippen LogP contribution in [0.2, 0.25) is 0 Å². The molecule has 0 aromatic heterocycles. The van der Waals surface area contributed by atoms with Crippen molar-refractivity contribution in [1.29, 1.82) is 0 Å². The van der Waals surface area contributed by atoms with Crippen LogP contribution in [0.15, 0.2) is 90.5 Å². The van der Waals surface area contributed by atoms with Gasteiger partial charge in [0.25, 0.3) is 0 Å². The van der Waals surface area contributed by atoms with Crippen molar-refractivity contribution in [1.82, 2.24) is 0 Å². The average Bonchev–Trinajstić information content (AvgIpc) is 2.68. The van der Waals surface area contributed by atoms with E-state index in [9.17, 15) is 0 Å². The molecule has 0 spiro atoms. The number of hydrogen-bond acceptors (Lipinski definition) is 1. The molecule has 1 aliphatic rings. The summed E-state index contributed by atoms with van der Waals surface area (Å²) >= 11 is 0. The van der Waals surface area contributed by atoms with Gasteiger partial charge in [-0.05, 0) is 30.7 Å². The van der Waals surface area contributed by atoms with Gasteiger partial charge >= 0.3 is 0 Å². The molecule has 0 amide bonds. The zero-order chi connectivity index (χ0) is 17.1. The molecule has 0 saturated carbocycles. The number of hydrogen-bond donors (Lipinski definition) is 0. The second-order valence-electron chi connectivity index (χ2n) is 6.09. The van der Waals surface area contributed by atoms with Crippen LogP contribution in [0.1, 0.15) is 29.5 Å². The van der Waals surface area contributed by atoms with Crippen molar-refractivity contribution >= 4 is 5.76 Å². The molecule has 0 bridgehead atoms. The standard InChI is InChI=1S/C24H18O/c1-18-21(17-16-19-10-4-2-5-11-19)22-14-8-9-15-23(22)25-24(18)20-12-6-3-7-13-20/h2-15,21H,1H3. The van der Waals surface area contributed by atoms with Crippen LogP contribution in [-0.4, -0.2) is 0 Å². The Hall–Kier alpha value is -3.24. The Morgan fingerprint density at radius 1 is 0.760 bits per heavy atom. The minimum atomic E-state index is 0.0281. The fraction of sp³-hybridized carbons (Fsp3) is 0.0833. The van der Waals surface area contributed by atoms with Crippen LogP contribution in [0.25, 0.3) is 5.76 Å². The largest absolute Gasteiger partial charge is 0.456 e. The Kier molecular flexibility index (Phi) is 4.11.